The number of ether oxygens (including phenoxy) is 1. The van der Waals surface area contributed by atoms with Crippen molar-refractivity contribution in [2.45, 2.75) is 26.3 Å². The van der Waals surface area contributed by atoms with Gasteiger partial charge in [0.2, 0.25) is 5.89 Å². The van der Waals surface area contributed by atoms with Crippen LogP contribution in [-0.2, 0) is 11.3 Å². The lowest BCUT2D eigenvalue weighted by molar-refractivity contribution is 0.115. The van der Waals surface area contributed by atoms with Gasteiger partial charge in [-0.1, -0.05) is 17.7 Å². The number of hydrogen-bond donors (Lipinski definition) is 1. The highest BCUT2D eigenvalue weighted by atomic mass is 127. The first kappa shape index (κ1) is 21.7. The second kappa shape index (κ2) is 10.7. The number of aryl methyl sites for hydroxylation is 1. The number of nitrogens with one attached hydrogen (secondary N) is 1. The molecule has 0 unspecified atom stereocenters. The first-order chi connectivity index (χ1) is 12.7. The molecule has 1 aliphatic rings. The Morgan fingerprint density at radius 2 is 2.07 bits per heavy atom. The van der Waals surface area contributed by atoms with Gasteiger partial charge >= 0.3 is 0 Å². The summed E-state index contributed by atoms with van der Waals surface area (Å²) in [5, 5.41) is 3.32. The van der Waals surface area contributed by atoms with Gasteiger partial charge in [-0.2, -0.15) is 0 Å². The van der Waals surface area contributed by atoms with E-state index in [0.29, 0.717) is 12.4 Å². The average Bonchev–Trinajstić information content (AvgIpc) is 3.36. The van der Waals surface area contributed by atoms with Crippen LogP contribution >= 0.6 is 24.0 Å². The molecule has 0 bridgehead atoms. The van der Waals surface area contributed by atoms with Gasteiger partial charge in [-0.15, -0.1) is 24.0 Å². The van der Waals surface area contributed by atoms with Crippen LogP contribution in [0.15, 0.2) is 39.9 Å². The fourth-order valence-corrected chi connectivity index (χ4v) is 2.61. The maximum atomic E-state index is 5.69. The van der Waals surface area contributed by atoms with Gasteiger partial charge in [-0.25, -0.2) is 4.98 Å². The van der Waals surface area contributed by atoms with Gasteiger partial charge in [0, 0.05) is 32.8 Å². The third kappa shape index (κ3) is 6.80. The van der Waals surface area contributed by atoms with Crippen LogP contribution < -0.4 is 5.32 Å². The minimum Gasteiger partial charge on any atom is -0.444 e. The van der Waals surface area contributed by atoms with E-state index in [2.05, 4.69) is 39.2 Å². The van der Waals surface area contributed by atoms with Crippen molar-refractivity contribution in [3.8, 4) is 11.5 Å². The second-order valence-electron chi connectivity index (χ2n) is 6.85. The highest BCUT2D eigenvalue weighted by Crippen LogP contribution is 2.28. The number of nitrogens with zero attached hydrogens (tertiary/aromatic N) is 3. The van der Waals surface area contributed by atoms with E-state index in [0.717, 1.165) is 42.9 Å². The topological polar surface area (TPSA) is 62.9 Å². The third-order valence-corrected chi connectivity index (χ3v) is 4.47. The summed E-state index contributed by atoms with van der Waals surface area (Å²) in [5.74, 6) is 2.26. The van der Waals surface area contributed by atoms with Crippen molar-refractivity contribution in [3.05, 3.63) is 41.8 Å². The van der Waals surface area contributed by atoms with Gasteiger partial charge < -0.3 is 19.4 Å². The van der Waals surface area contributed by atoms with Gasteiger partial charge in [-0.05, 0) is 37.8 Å². The minimum absolute atomic E-state index is 0. The smallest absolute Gasteiger partial charge is 0.226 e. The summed E-state index contributed by atoms with van der Waals surface area (Å²) >= 11 is 0. The molecule has 0 radical (unpaired) electrons. The molecule has 1 heterocycles. The Morgan fingerprint density at radius 1 is 1.33 bits per heavy atom. The monoisotopic (exact) mass is 484 g/mol. The summed E-state index contributed by atoms with van der Waals surface area (Å²) in [6.07, 6.45) is 4.33. The number of aliphatic imine (C=N–C) groups is 1. The lowest BCUT2D eigenvalue weighted by Gasteiger charge is -2.21. The molecule has 0 atom stereocenters. The van der Waals surface area contributed by atoms with E-state index < -0.39 is 0 Å². The fraction of sp³-hybridized carbons (Fsp3) is 0.500. The molecule has 27 heavy (non-hydrogen) atoms. The number of oxazole rings is 1. The molecule has 148 valence electrons. The number of benzene rings is 1. The highest BCUT2D eigenvalue weighted by molar-refractivity contribution is 14.0. The summed E-state index contributed by atoms with van der Waals surface area (Å²) in [5.41, 5.74) is 3.05. The van der Waals surface area contributed by atoms with E-state index in [-0.39, 0.29) is 24.0 Å². The van der Waals surface area contributed by atoms with Crippen molar-refractivity contribution < 1.29 is 9.15 Å². The van der Waals surface area contributed by atoms with Gasteiger partial charge in [0.25, 0.3) is 0 Å². The number of hydrogen-bond acceptors (Lipinski definition) is 4. The molecule has 0 aliphatic heterocycles. The number of aromatic nitrogens is 1. The Hall–Kier alpha value is -1.61. The van der Waals surface area contributed by atoms with Crippen molar-refractivity contribution in [3.63, 3.8) is 0 Å². The largest absolute Gasteiger partial charge is 0.444 e. The van der Waals surface area contributed by atoms with Gasteiger partial charge in [-0.3, -0.25) is 4.99 Å². The molecule has 1 saturated carbocycles. The number of rotatable bonds is 8. The van der Waals surface area contributed by atoms with E-state index in [1.165, 1.54) is 18.4 Å². The zero-order chi connectivity index (χ0) is 18.4. The Labute approximate surface area is 178 Å². The van der Waals surface area contributed by atoms with E-state index in [9.17, 15) is 0 Å². The molecule has 1 aliphatic carbocycles. The predicted molar refractivity (Wildman–Crippen MR) is 118 cm³/mol. The van der Waals surface area contributed by atoms with Crippen LogP contribution in [0.5, 0.6) is 0 Å². The average molecular weight is 484 g/mol. The van der Waals surface area contributed by atoms with Gasteiger partial charge in [0.05, 0.1) is 18.8 Å². The van der Waals surface area contributed by atoms with Crippen LogP contribution in [0.4, 0.5) is 0 Å². The molecule has 3 rings (SSSR count). The standard InChI is InChI=1S/C20H28N4O2.HI/c1-15-4-8-17(9-5-15)19-23-18(14-26-19)12-22-20(21-2)24(3)10-11-25-13-16-6-7-16;/h4-5,8-9,14,16H,6-7,10-13H2,1-3H3,(H,21,22);1H. The molecule has 0 saturated heterocycles. The summed E-state index contributed by atoms with van der Waals surface area (Å²) in [6.45, 7) is 5.04. The predicted octanol–water partition coefficient (Wildman–Crippen LogP) is 3.70. The van der Waals surface area contributed by atoms with E-state index >= 15 is 0 Å². The first-order valence-corrected chi connectivity index (χ1v) is 9.16. The molecule has 1 N–H and O–H groups in total. The van der Waals surface area contributed by atoms with Crippen LogP contribution in [0.25, 0.3) is 11.5 Å². The fourth-order valence-electron chi connectivity index (χ4n) is 2.61. The third-order valence-electron chi connectivity index (χ3n) is 4.47. The van der Waals surface area contributed by atoms with Crippen LogP contribution in [0, 0.1) is 12.8 Å². The molecule has 1 aromatic heterocycles. The molecule has 6 nitrogen and oxygen atoms in total. The first-order valence-electron chi connectivity index (χ1n) is 9.16. The Balaban J connectivity index is 0.00000261. The van der Waals surface area contributed by atoms with Crippen molar-refractivity contribution in [2.24, 2.45) is 10.9 Å². The van der Waals surface area contributed by atoms with Crippen LogP contribution in [-0.4, -0.2) is 49.7 Å². The lowest BCUT2D eigenvalue weighted by atomic mass is 10.1. The second-order valence-corrected chi connectivity index (χ2v) is 6.85. The zero-order valence-corrected chi connectivity index (χ0v) is 18.6. The van der Waals surface area contributed by atoms with E-state index in [4.69, 9.17) is 9.15 Å². The quantitative estimate of drug-likeness (QED) is 0.268. The summed E-state index contributed by atoms with van der Waals surface area (Å²) < 4.78 is 11.3. The molecule has 0 amide bonds. The molecular formula is C20H29IN4O2. The molecular weight excluding hydrogens is 455 g/mol. The van der Waals surface area contributed by atoms with Gasteiger partial charge in [0.15, 0.2) is 5.96 Å². The van der Waals surface area contributed by atoms with E-state index in [1.807, 2.05) is 19.2 Å². The SMILES string of the molecule is CN=C(NCc1coc(-c2ccc(C)cc2)n1)N(C)CCOCC1CC1.I. The number of halogens is 1. The Kier molecular flexibility index (Phi) is 8.56. The van der Waals surface area contributed by atoms with E-state index in [1.54, 1.807) is 13.3 Å². The van der Waals surface area contributed by atoms with Crippen LogP contribution in [0.1, 0.15) is 24.1 Å². The van der Waals surface area contributed by atoms with Crippen LogP contribution in [0.3, 0.4) is 0 Å². The van der Waals surface area contributed by atoms with Crippen molar-refractivity contribution in [2.75, 3.05) is 33.9 Å². The number of likely N-dealkylation sites (N-methyl/N-ethyl adjacent to an activating group) is 1. The normalized spacial score (nSPS) is 14.0. The molecule has 0 spiro atoms. The molecule has 2 aromatic rings. The van der Waals surface area contributed by atoms with Crippen molar-refractivity contribution >= 4 is 29.9 Å². The molecule has 1 aromatic carbocycles. The molecule has 1 fully saturated rings. The van der Waals surface area contributed by atoms with Crippen molar-refractivity contribution in [1.29, 1.82) is 0 Å². The summed E-state index contributed by atoms with van der Waals surface area (Å²) in [4.78, 5) is 10.9. The number of guanidine groups is 1. The maximum Gasteiger partial charge on any atom is 0.226 e. The Bertz CT molecular complexity index is 726. The Morgan fingerprint density at radius 3 is 2.74 bits per heavy atom. The zero-order valence-electron chi connectivity index (χ0n) is 16.3. The summed E-state index contributed by atoms with van der Waals surface area (Å²) in [7, 11) is 3.79. The minimum atomic E-state index is 0. The highest BCUT2D eigenvalue weighted by Gasteiger charge is 2.21. The van der Waals surface area contributed by atoms with Crippen molar-refractivity contribution in [1.82, 2.24) is 15.2 Å². The maximum absolute atomic E-state index is 5.69. The van der Waals surface area contributed by atoms with Gasteiger partial charge in [0.1, 0.15) is 6.26 Å². The molecule has 7 heteroatoms. The summed E-state index contributed by atoms with van der Waals surface area (Å²) in [6, 6.07) is 8.15. The lowest BCUT2D eigenvalue weighted by Crippen LogP contribution is -2.40. The van der Waals surface area contributed by atoms with Crippen LogP contribution in [0.2, 0.25) is 0 Å².